The van der Waals surface area contributed by atoms with E-state index in [0.717, 1.165) is 45.2 Å². The van der Waals surface area contributed by atoms with E-state index in [0.29, 0.717) is 17.4 Å². The van der Waals surface area contributed by atoms with Crippen molar-refractivity contribution in [3.05, 3.63) is 29.3 Å². The van der Waals surface area contributed by atoms with E-state index < -0.39 is 10.0 Å². The monoisotopic (exact) mass is 294 g/mol. The number of fused-ring (bicyclic) bond motifs is 1. The highest BCUT2D eigenvalue weighted by Crippen LogP contribution is 2.24. The SMILES string of the molecule is O=S(=O)(NCCC1CCNC1)c1ccc2c(c1)CCC2. The van der Waals surface area contributed by atoms with Gasteiger partial charge in [-0.15, -0.1) is 0 Å². The molecule has 0 radical (unpaired) electrons. The van der Waals surface area contributed by atoms with Crippen LogP contribution in [0.1, 0.15) is 30.4 Å². The molecular weight excluding hydrogens is 272 g/mol. The maximum Gasteiger partial charge on any atom is 0.240 e. The van der Waals surface area contributed by atoms with Crippen molar-refractivity contribution in [2.24, 2.45) is 5.92 Å². The summed E-state index contributed by atoms with van der Waals surface area (Å²) in [5.41, 5.74) is 2.51. The molecule has 1 aromatic rings. The van der Waals surface area contributed by atoms with Crippen LogP contribution in [0.4, 0.5) is 0 Å². The first-order valence-electron chi connectivity index (χ1n) is 7.47. The summed E-state index contributed by atoms with van der Waals surface area (Å²) in [5, 5.41) is 3.30. The second-order valence-electron chi connectivity index (χ2n) is 5.83. The molecule has 3 rings (SSSR count). The number of hydrogen-bond donors (Lipinski definition) is 2. The molecule has 1 atom stereocenters. The van der Waals surface area contributed by atoms with E-state index in [1.54, 1.807) is 6.07 Å². The summed E-state index contributed by atoms with van der Waals surface area (Å²) in [6, 6.07) is 5.56. The second-order valence-corrected chi connectivity index (χ2v) is 7.60. The summed E-state index contributed by atoms with van der Waals surface area (Å²) >= 11 is 0. The van der Waals surface area contributed by atoms with Crippen molar-refractivity contribution < 1.29 is 8.42 Å². The first-order valence-corrected chi connectivity index (χ1v) is 8.96. The first kappa shape index (κ1) is 14.0. The maximum atomic E-state index is 12.3. The van der Waals surface area contributed by atoms with Crippen molar-refractivity contribution >= 4 is 10.0 Å². The molecule has 1 heterocycles. The Kier molecular flexibility index (Phi) is 4.10. The van der Waals surface area contributed by atoms with Gasteiger partial charge in [0.1, 0.15) is 0 Å². The van der Waals surface area contributed by atoms with Crippen LogP contribution in [-0.4, -0.2) is 28.1 Å². The zero-order valence-corrected chi connectivity index (χ0v) is 12.5. The van der Waals surface area contributed by atoms with E-state index in [2.05, 4.69) is 10.0 Å². The van der Waals surface area contributed by atoms with Crippen LogP contribution in [0.25, 0.3) is 0 Å². The van der Waals surface area contributed by atoms with Gasteiger partial charge in [0.15, 0.2) is 0 Å². The first-order chi connectivity index (χ1) is 9.65. The quantitative estimate of drug-likeness (QED) is 0.864. The predicted octanol–water partition coefficient (Wildman–Crippen LogP) is 1.45. The third-order valence-corrected chi connectivity index (χ3v) is 5.85. The molecule has 2 N–H and O–H groups in total. The number of benzene rings is 1. The fourth-order valence-corrected chi connectivity index (χ4v) is 4.25. The van der Waals surface area contributed by atoms with E-state index in [1.165, 1.54) is 11.1 Å². The zero-order valence-electron chi connectivity index (χ0n) is 11.7. The fourth-order valence-electron chi connectivity index (χ4n) is 3.16. The molecule has 1 saturated heterocycles. The Hall–Kier alpha value is -0.910. The molecule has 4 nitrogen and oxygen atoms in total. The van der Waals surface area contributed by atoms with Crippen LogP contribution in [0.15, 0.2) is 23.1 Å². The molecule has 1 aromatic carbocycles. The van der Waals surface area contributed by atoms with Crippen molar-refractivity contribution in [3.63, 3.8) is 0 Å². The number of aryl methyl sites for hydroxylation is 2. The van der Waals surface area contributed by atoms with Gasteiger partial charge in [0, 0.05) is 6.54 Å². The molecule has 0 spiro atoms. The Bertz CT molecular complexity index is 578. The third-order valence-electron chi connectivity index (χ3n) is 4.39. The minimum Gasteiger partial charge on any atom is -0.316 e. The highest BCUT2D eigenvalue weighted by atomic mass is 32.2. The average molecular weight is 294 g/mol. The highest BCUT2D eigenvalue weighted by molar-refractivity contribution is 7.89. The Morgan fingerprint density at radius 1 is 1.25 bits per heavy atom. The standard InChI is InChI=1S/C15H22N2O2S/c18-20(19,17-9-7-12-6-8-16-11-12)15-5-4-13-2-1-3-14(13)10-15/h4-5,10,12,16-17H,1-3,6-9,11H2. The van der Waals surface area contributed by atoms with Gasteiger partial charge in [-0.3, -0.25) is 0 Å². The van der Waals surface area contributed by atoms with Crippen LogP contribution < -0.4 is 10.0 Å². The molecule has 0 bridgehead atoms. The average Bonchev–Trinajstić information content (AvgIpc) is 3.08. The zero-order chi connectivity index (χ0) is 14.0. The van der Waals surface area contributed by atoms with E-state index in [4.69, 9.17) is 0 Å². The van der Waals surface area contributed by atoms with Crippen molar-refractivity contribution in [1.29, 1.82) is 0 Å². The van der Waals surface area contributed by atoms with Gasteiger partial charge in [-0.1, -0.05) is 6.07 Å². The Morgan fingerprint density at radius 3 is 2.90 bits per heavy atom. The molecule has 1 unspecified atom stereocenters. The van der Waals surface area contributed by atoms with Gasteiger partial charge in [0.2, 0.25) is 10.0 Å². The van der Waals surface area contributed by atoms with Crippen molar-refractivity contribution in [2.75, 3.05) is 19.6 Å². The van der Waals surface area contributed by atoms with E-state index in [9.17, 15) is 8.42 Å². The van der Waals surface area contributed by atoms with E-state index in [1.807, 2.05) is 12.1 Å². The predicted molar refractivity (Wildman–Crippen MR) is 79.2 cm³/mol. The molecule has 0 saturated carbocycles. The normalized spacial score (nSPS) is 22.1. The lowest BCUT2D eigenvalue weighted by Crippen LogP contribution is -2.26. The van der Waals surface area contributed by atoms with Crippen LogP contribution in [0, 0.1) is 5.92 Å². The molecule has 0 aromatic heterocycles. The third kappa shape index (κ3) is 3.05. The molecule has 0 amide bonds. The van der Waals surface area contributed by atoms with Crippen LogP contribution in [-0.2, 0) is 22.9 Å². The van der Waals surface area contributed by atoms with E-state index >= 15 is 0 Å². The summed E-state index contributed by atoms with van der Waals surface area (Å²) in [7, 11) is -3.34. The Balaban J connectivity index is 1.62. The van der Waals surface area contributed by atoms with Crippen LogP contribution >= 0.6 is 0 Å². The summed E-state index contributed by atoms with van der Waals surface area (Å²) in [6.07, 6.45) is 5.29. The fraction of sp³-hybridized carbons (Fsp3) is 0.600. The highest BCUT2D eigenvalue weighted by Gasteiger charge is 2.19. The number of rotatable bonds is 5. The minimum atomic E-state index is -3.34. The largest absolute Gasteiger partial charge is 0.316 e. The van der Waals surface area contributed by atoms with Gasteiger partial charge in [-0.05, 0) is 74.4 Å². The van der Waals surface area contributed by atoms with Crippen molar-refractivity contribution in [1.82, 2.24) is 10.0 Å². The molecule has 1 aliphatic heterocycles. The summed E-state index contributed by atoms with van der Waals surface area (Å²) in [5.74, 6) is 0.609. The number of hydrogen-bond acceptors (Lipinski definition) is 3. The van der Waals surface area contributed by atoms with Crippen molar-refractivity contribution in [2.45, 2.75) is 37.0 Å². The second kappa shape index (κ2) is 5.84. The maximum absolute atomic E-state index is 12.3. The van der Waals surface area contributed by atoms with Gasteiger partial charge < -0.3 is 5.32 Å². The van der Waals surface area contributed by atoms with Crippen LogP contribution in [0.2, 0.25) is 0 Å². The van der Waals surface area contributed by atoms with E-state index in [-0.39, 0.29) is 0 Å². The smallest absolute Gasteiger partial charge is 0.240 e. The van der Waals surface area contributed by atoms with Crippen molar-refractivity contribution in [3.8, 4) is 0 Å². The van der Waals surface area contributed by atoms with Gasteiger partial charge in [0.25, 0.3) is 0 Å². The number of nitrogens with one attached hydrogen (secondary N) is 2. The number of sulfonamides is 1. The van der Waals surface area contributed by atoms with Gasteiger partial charge >= 0.3 is 0 Å². The topological polar surface area (TPSA) is 58.2 Å². The summed E-state index contributed by atoms with van der Waals surface area (Å²) in [6.45, 7) is 2.61. The lowest BCUT2D eigenvalue weighted by atomic mass is 10.1. The molecule has 1 aliphatic carbocycles. The van der Waals surface area contributed by atoms with Gasteiger partial charge in [-0.25, -0.2) is 13.1 Å². The lowest BCUT2D eigenvalue weighted by Gasteiger charge is -2.11. The van der Waals surface area contributed by atoms with Gasteiger partial charge in [-0.2, -0.15) is 0 Å². The Morgan fingerprint density at radius 2 is 2.10 bits per heavy atom. The minimum absolute atomic E-state index is 0.419. The molecular formula is C15H22N2O2S. The van der Waals surface area contributed by atoms with Crippen LogP contribution in [0.5, 0.6) is 0 Å². The molecule has 1 fully saturated rings. The Labute approximate surface area is 121 Å². The molecule has 5 heteroatoms. The lowest BCUT2D eigenvalue weighted by molar-refractivity contribution is 0.519. The van der Waals surface area contributed by atoms with Gasteiger partial charge in [0.05, 0.1) is 4.90 Å². The van der Waals surface area contributed by atoms with Crippen LogP contribution in [0.3, 0.4) is 0 Å². The summed E-state index contributed by atoms with van der Waals surface area (Å²) in [4.78, 5) is 0.419. The molecule has 110 valence electrons. The molecule has 20 heavy (non-hydrogen) atoms. The molecule has 2 aliphatic rings. The summed E-state index contributed by atoms with van der Waals surface area (Å²) < 4.78 is 27.3.